The molecule has 6 heteroatoms. The van der Waals surface area contributed by atoms with Gasteiger partial charge in [0.2, 0.25) is 0 Å². The summed E-state index contributed by atoms with van der Waals surface area (Å²) in [7, 11) is 0. The van der Waals surface area contributed by atoms with Crippen molar-refractivity contribution >= 4 is 58.0 Å². The molecule has 0 atom stereocenters. The largest absolute Gasteiger partial charge is 0.288 e. The third-order valence-corrected chi connectivity index (χ3v) is 10.6. The lowest BCUT2D eigenvalue weighted by molar-refractivity contribution is 0.0975. The van der Waals surface area contributed by atoms with Gasteiger partial charge in [0.15, 0.2) is 23.1 Å². The first-order chi connectivity index (χ1) is 21.0. The molecule has 43 heavy (non-hydrogen) atoms. The molecule has 3 aliphatic carbocycles. The molecule has 5 aromatic rings. The summed E-state index contributed by atoms with van der Waals surface area (Å²) in [6.07, 6.45) is 5.76. The van der Waals surface area contributed by atoms with Gasteiger partial charge in [0, 0.05) is 41.8 Å². The van der Waals surface area contributed by atoms with E-state index in [9.17, 15) is 19.2 Å². The first-order valence-electron chi connectivity index (χ1n) is 14.1. The Morgan fingerprint density at radius 1 is 0.558 bits per heavy atom. The molecular formula is C37H22O4S2. The SMILES string of the molecule is O=C1C(=Cc2ccc(-c3cc(C4CC4)c(-c4ccc(C=C5C(=O)c6ccccc6C5=O)s4)s3)cc2)C(=O)c2ccccc21. The van der Waals surface area contributed by atoms with Crippen LogP contribution in [0.5, 0.6) is 0 Å². The van der Waals surface area contributed by atoms with Gasteiger partial charge >= 0.3 is 0 Å². The molecule has 3 aliphatic rings. The maximum absolute atomic E-state index is 12.9. The standard InChI is InChI=1S/C37H22O4S2/c38-33-24-5-1-2-6-25(24)34(39)29(33)17-20-9-11-22(12-10-20)32-19-28(21-13-14-21)37(43-32)31-16-15-23(42-31)18-30-35(40)26-7-3-4-8-27(26)36(30)41/h1-12,15-19,21H,13-14H2. The Hall–Kier alpha value is -4.78. The second-order valence-electron chi connectivity index (χ2n) is 11.0. The van der Waals surface area contributed by atoms with Gasteiger partial charge in [-0.15, -0.1) is 22.7 Å². The molecule has 0 spiro atoms. The summed E-state index contributed by atoms with van der Waals surface area (Å²) >= 11 is 3.34. The van der Waals surface area contributed by atoms with E-state index in [0.29, 0.717) is 28.2 Å². The van der Waals surface area contributed by atoms with E-state index in [0.717, 1.165) is 25.8 Å². The second-order valence-corrected chi connectivity index (χ2v) is 13.2. The molecular weight excluding hydrogens is 573 g/mol. The predicted molar refractivity (Wildman–Crippen MR) is 171 cm³/mol. The van der Waals surface area contributed by atoms with Gasteiger partial charge in [0.1, 0.15) is 0 Å². The Labute approximate surface area is 255 Å². The molecule has 0 bridgehead atoms. The van der Waals surface area contributed by atoms with Crippen molar-refractivity contribution in [3.05, 3.63) is 140 Å². The fraction of sp³-hybridized carbons (Fsp3) is 0.0811. The van der Waals surface area contributed by atoms with Crippen LogP contribution >= 0.6 is 22.7 Å². The number of ketones is 4. The van der Waals surface area contributed by atoms with Crippen molar-refractivity contribution in [2.75, 3.05) is 0 Å². The van der Waals surface area contributed by atoms with Crippen molar-refractivity contribution in [1.82, 2.24) is 0 Å². The van der Waals surface area contributed by atoms with E-state index in [1.54, 1.807) is 83.4 Å². The van der Waals surface area contributed by atoms with Gasteiger partial charge in [0.05, 0.1) is 11.1 Å². The molecule has 0 unspecified atom stereocenters. The minimum Gasteiger partial charge on any atom is -0.288 e. The minimum atomic E-state index is -0.223. The van der Waals surface area contributed by atoms with Crippen molar-refractivity contribution < 1.29 is 19.2 Å². The normalized spacial score (nSPS) is 15.7. The number of rotatable bonds is 5. The van der Waals surface area contributed by atoms with Crippen LogP contribution in [0, 0.1) is 0 Å². The van der Waals surface area contributed by atoms with Crippen LogP contribution in [0.1, 0.15) is 76.2 Å². The molecule has 8 rings (SSSR count). The lowest BCUT2D eigenvalue weighted by Gasteiger charge is -2.00. The molecule has 0 saturated heterocycles. The summed E-state index contributed by atoms with van der Waals surface area (Å²) < 4.78 is 0. The van der Waals surface area contributed by atoms with Gasteiger partial charge in [-0.1, -0.05) is 72.8 Å². The fourth-order valence-corrected chi connectivity index (χ4v) is 8.18. The van der Waals surface area contributed by atoms with E-state index in [4.69, 9.17) is 0 Å². The van der Waals surface area contributed by atoms with Crippen LogP contribution in [-0.2, 0) is 0 Å². The molecule has 0 N–H and O–H groups in total. The summed E-state index contributed by atoms with van der Waals surface area (Å²) in [5, 5.41) is 0. The highest BCUT2D eigenvalue weighted by Crippen LogP contribution is 2.51. The number of carbonyl (C=O) groups excluding carboxylic acids is 4. The molecule has 2 aromatic heterocycles. The molecule has 0 aliphatic heterocycles. The third-order valence-electron chi connectivity index (χ3n) is 8.23. The van der Waals surface area contributed by atoms with E-state index in [2.05, 4.69) is 12.1 Å². The first kappa shape index (κ1) is 25.9. The Morgan fingerprint density at radius 3 is 1.63 bits per heavy atom. The zero-order valence-corrected chi connectivity index (χ0v) is 24.4. The zero-order valence-electron chi connectivity index (χ0n) is 22.8. The Balaban J connectivity index is 1.08. The van der Waals surface area contributed by atoms with Crippen LogP contribution in [0.2, 0.25) is 0 Å². The Morgan fingerprint density at radius 2 is 1.09 bits per heavy atom. The summed E-state index contributed by atoms with van der Waals surface area (Å²) in [6, 6.07) is 28.3. The van der Waals surface area contributed by atoms with Crippen LogP contribution < -0.4 is 0 Å². The number of fused-ring (bicyclic) bond motifs is 2. The van der Waals surface area contributed by atoms with Crippen LogP contribution in [0.25, 0.3) is 32.3 Å². The van der Waals surface area contributed by atoms with Gasteiger partial charge < -0.3 is 0 Å². The lowest BCUT2D eigenvalue weighted by atomic mass is 10.0. The predicted octanol–water partition coefficient (Wildman–Crippen LogP) is 8.95. The molecule has 1 fully saturated rings. The number of hydrogen-bond acceptors (Lipinski definition) is 6. The Kier molecular flexibility index (Phi) is 5.96. The molecule has 4 nitrogen and oxygen atoms in total. The maximum Gasteiger partial charge on any atom is 0.197 e. The van der Waals surface area contributed by atoms with E-state index < -0.39 is 0 Å². The highest BCUT2D eigenvalue weighted by Gasteiger charge is 2.34. The van der Waals surface area contributed by atoms with E-state index in [-0.39, 0.29) is 34.3 Å². The summed E-state index contributed by atoms with van der Waals surface area (Å²) in [5.74, 6) is -0.324. The maximum atomic E-state index is 12.9. The molecule has 0 amide bonds. The smallest absolute Gasteiger partial charge is 0.197 e. The monoisotopic (exact) mass is 594 g/mol. The number of benzene rings is 3. The van der Waals surface area contributed by atoms with Crippen LogP contribution in [0.4, 0.5) is 0 Å². The average Bonchev–Trinajstić information content (AvgIpc) is 3.42. The molecule has 206 valence electrons. The number of carbonyl (C=O) groups is 4. The van der Waals surface area contributed by atoms with Crippen molar-refractivity contribution in [2.45, 2.75) is 18.8 Å². The molecule has 2 heterocycles. The number of hydrogen-bond donors (Lipinski definition) is 0. The molecule has 0 radical (unpaired) electrons. The number of allylic oxidation sites excluding steroid dienone is 2. The first-order valence-corrected chi connectivity index (χ1v) is 15.7. The summed E-state index contributed by atoms with van der Waals surface area (Å²) in [6.45, 7) is 0. The van der Waals surface area contributed by atoms with E-state index in [1.807, 2.05) is 30.3 Å². The van der Waals surface area contributed by atoms with Crippen molar-refractivity contribution in [1.29, 1.82) is 0 Å². The van der Waals surface area contributed by atoms with Gasteiger partial charge in [-0.3, -0.25) is 19.2 Å². The zero-order chi connectivity index (χ0) is 29.2. The fourth-order valence-electron chi connectivity index (χ4n) is 5.85. The minimum absolute atomic E-state index is 0.205. The highest BCUT2D eigenvalue weighted by atomic mass is 32.1. The number of thiophene rings is 2. The Bertz CT molecular complexity index is 2020. The van der Waals surface area contributed by atoms with Crippen LogP contribution in [-0.4, -0.2) is 23.1 Å². The molecule has 3 aromatic carbocycles. The summed E-state index contributed by atoms with van der Waals surface area (Å²) in [5.41, 5.74) is 5.54. The van der Waals surface area contributed by atoms with Gasteiger partial charge in [-0.2, -0.15) is 0 Å². The van der Waals surface area contributed by atoms with E-state index >= 15 is 0 Å². The van der Waals surface area contributed by atoms with Crippen LogP contribution in [0.15, 0.2) is 102 Å². The van der Waals surface area contributed by atoms with Gasteiger partial charge in [0.25, 0.3) is 0 Å². The molecule has 1 saturated carbocycles. The summed E-state index contributed by atoms with van der Waals surface area (Å²) in [4.78, 5) is 55.8. The quantitative estimate of drug-likeness (QED) is 0.150. The van der Waals surface area contributed by atoms with Crippen molar-refractivity contribution in [3.8, 4) is 20.2 Å². The van der Waals surface area contributed by atoms with Gasteiger partial charge in [-0.05, 0) is 65.8 Å². The highest BCUT2D eigenvalue weighted by molar-refractivity contribution is 7.24. The average molecular weight is 595 g/mol. The lowest BCUT2D eigenvalue weighted by Crippen LogP contribution is -2.00. The van der Waals surface area contributed by atoms with Crippen LogP contribution in [0.3, 0.4) is 0 Å². The van der Waals surface area contributed by atoms with Crippen molar-refractivity contribution in [2.24, 2.45) is 0 Å². The van der Waals surface area contributed by atoms with Crippen molar-refractivity contribution in [3.63, 3.8) is 0 Å². The number of Topliss-reactive ketones (excluding diaryl/α,β-unsaturated/α-hetero) is 4. The van der Waals surface area contributed by atoms with E-state index in [1.165, 1.54) is 23.3 Å². The topological polar surface area (TPSA) is 68.3 Å². The van der Waals surface area contributed by atoms with Gasteiger partial charge in [-0.25, -0.2) is 0 Å². The second kappa shape index (κ2) is 9.90. The third kappa shape index (κ3) is 4.33.